The first-order valence-corrected chi connectivity index (χ1v) is 9.55. The second kappa shape index (κ2) is 7.39. The van der Waals surface area contributed by atoms with Crippen LogP contribution in [-0.4, -0.2) is 37.7 Å². The summed E-state index contributed by atoms with van der Waals surface area (Å²) in [5, 5.41) is 5.20. The largest absolute Gasteiger partial charge is 0.344 e. The Morgan fingerprint density at radius 1 is 1.33 bits per heavy atom. The number of hydrogen-bond donors (Lipinski definition) is 2. The minimum absolute atomic E-state index is 0.210. The first-order chi connectivity index (χ1) is 11.3. The average molecular weight is 368 g/mol. The van der Waals surface area contributed by atoms with Gasteiger partial charge in [0, 0.05) is 26.0 Å². The van der Waals surface area contributed by atoms with Gasteiger partial charge in [0.25, 0.3) is 5.91 Å². The van der Waals surface area contributed by atoms with Gasteiger partial charge in [0.15, 0.2) is 0 Å². The number of benzene rings is 1. The van der Waals surface area contributed by atoms with Crippen LogP contribution in [0.3, 0.4) is 0 Å². The van der Waals surface area contributed by atoms with E-state index in [1.165, 1.54) is 37.6 Å². The molecule has 1 atom stereocenters. The molecule has 7 nitrogen and oxygen atoms in total. The quantitative estimate of drug-likeness (QED) is 0.800. The van der Waals surface area contributed by atoms with Gasteiger partial charge in [-0.3, -0.25) is 4.79 Å². The van der Waals surface area contributed by atoms with E-state index in [1.807, 2.05) is 6.92 Å². The molecule has 1 aromatic carbocycles. The van der Waals surface area contributed by atoms with Crippen molar-refractivity contribution in [2.24, 2.45) is 5.73 Å². The molecule has 1 unspecified atom stereocenters. The molecular formula is C15H20N4O3S2. The molecule has 0 fully saturated rings. The summed E-state index contributed by atoms with van der Waals surface area (Å²) in [5.41, 5.74) is 6.62. The zero-order chi connectivity index (χ0) is 17.9. The van der Waals surface area contributed by atoms with Crippen molar-refractivity contribution in [3.05, 3.63) is 45.9 Å². The van der Waals surface area contributed by atoms with E-state index in [2.05, 4.69) is 10.3 Å². The molecule has 9 heteroatoms. The second-order valence-corrected chi connectivity index (χ2v) is 8.48. The Morgan fingerprint density at radius 2 is 1.96 bits per heavy atom. The van der Waals surface area contributed by atoms with Crippen molar-refractivity contribution in [1.82, 2.24) is 14.6 Å². The molecule has 0 saturated carbocycles. The highest BCUT2D eigenvalue weighted by atomic mass is 32.2. The number of carbonyl (C=O) groups excluding carboxylic acids is 1. The van der Waals surface area contributed by atoms with Crippen molar-refractivity contribution in [3.8, 4) is 0 Å². The van der Waals surface area contributed by atoms with Gasteiger partial charge in [-0.05, 0) is 24.6 Å². The third kappa shape index (κ3) is 3.99. The minimum Gasteiger partial charge on any atom is -0.344 e. The third-order valence-electron chi connectivity index (χ3n) is 3.47. The zero-order valence-corrected chi connectivity index (χ0v) is 15.3. The summed E-state index contributed by atoms with van der Waals surface area (Å²) in [5.74, 6) is -0.288. The summed E-state index contributed by atoms with van der Waals surface area (Å²) >= 11 is 1.34. The Kier molecular flexibility index (Phi) is 5.70. The molecule has 2 aromatic rings. The van der Waals surface area contributed by atoms with Crippen molar-refractivity contribution < 1.29 is 13.2 Å². The fraction of sp³-hybridized carbons (Fsp3) is 0.333. The standard InChI is InChI=1S/C15H20N4O3S2/c1-10(17-15(20)13-9-23-14(8-16)18-13)11-4-6-12(7-5-11)24(21,22)19(2)3/h4-7,9-10H,8,16H2,1-3H3,(H,17,20). The van der Waals surface area contributed by atoms with Crippen LogP contribution in [0.2, 0.25) is 0 Å². The van der Waals surface area contributed by atoms with Gasteiger partial charge in [0.2, 0.25) is 10.0 Å². The number of rotatable bonds is 6. The molecule has 0 bridgehead atoms. The van der Waals surface area contributed by atoms with Crippen molar-refractivity contribution in [3.63, 3.8) is 0 Å². The number of nitrogens with one attached hydrogen (secondary N) is 1. The molecule has 130 valence electrons. The second-order valence-electron chi connectivity index (χ2n) is 5.38. The van der Waals surface area contributed by atoms with Crippen molar-refractivity contribution >= 4 is 27.3 Å². The van der Waals surface area contributed by atoms with Gasteiger partial charge in [0.1, 0.15) is 10.7 Å². The molecule has 2 rings (SSSR count). The van der Waals surface area contributed by atoms with E-state index < -0.39 is 10.0 Å². The van der Waals surface area contributed by atoms with Gasteiger partial charge >= 0.3 is 0 Å². The van der Waals surface area contributed by atoms with Crippen LogP contribution in [0.1, 0.15) is 34.0 Å². The van der Waals surface area contributed by atoms with Crippen molar-refractivity contribution in [2.45, 2.75) is 24.4 Å². The van der Waals surface area contributed by atoms with Crippen LogP contribution in [-0.2, 0) is 16.6 Å². The van der Waals surface area contributed by atoms with Crippen molar-refractivity contribution in [1.29, 1.82) is 0 Å². The molecule has 3 N–H and O–H groups in total. The SMILES string of the molecule is CC(NC(=O)c1csc(CN)n1)c1ccc(S(=O)(=O)N(C)C)cc1. The number of nitrogens with zero attached hydrogens (tertiary/aromatic N) is 2. The smallest absolute Gasteiger partial charge is 0.271 e. The molecule has 0 aliphatic heterocycles. The molecule has 24 heavy (non-hydrogen) atoms. The van der Waals surface area contributed by atoms with Gasteiger partial charge in [-0.2, -0.15) is 0 Å². The molecule has 1 heterocycles. The maximum absolute atomic E-state index is 12.2. The summed E-state index contributed by atoms with van der Waals surface area (Å²) < 4.78 is 25.2. The van der Waals surface area contributed by atoms with Crippen LogP contribution < -0.4 is 11.1 Å². The zero-order valence-electron chi connectivity index (χ0n) is 13.7. The normalized spacial score (nSPS) is 13.0. The first kappa shape index (κ1) is 18.5. The molecule has 0 aliphatic carbocycles. The van der Waals surface area contributed by atoms with Gasteiger partial charge in [-0.15, -0.1) is 11.3 Å². The Bertz CT molecular complexity index is 813. The molecule has 1 aromatic heterocycles. The highest BCUT2D eigenvalue weighted by Crippen LogP contribution is 2.19. The highest BCUT2D eigenvalue weighted by molar-refractivity contribution is 7.89. The Hall–Kier alpha value is -1.81. The van der Waals surface area contributed by atoms with Gasteiger partial charge < -0.3 is 11.1 Å². The molecular weight excluding hydrogens is 348 g/mol. The first-order valence-electron chi connectivity index (χ1n) is 7.23. The van der Waals surface area contributed by atoms with Crippen LogP contribution in [0.4, 0.5) is 0 Å². The van der Waals surface area contributed by atoms with E-state index in [9.17, 15) is 13.2 Å². The van der Waals surface area contributed by atoms with Crippen LogP contribution in [0, 0.1) is 0 Å². The summed E-state index contributed by atoms with van der Waals surface area (Å²) in [6, 6.07) is 6.16. The van der Waals surface area contributed by atoms with Gasteiger partial charge in [-0.25, -0.2) is 17.7 Å². The number of thiazole rings is 1. The molecule has 1 amide bonds. The number of sulfonamides is 1. The number of aromatic nitrogens is 1. The fourth-order valence-corrected chi connectivity index (χ4v) is 3.56. The summed E-state index contributed by atoms with van der Waals surface area (Å²) in [4.78, 5) is 16.5. The predicted octanol–water partition coefficient (Wildman–Crippen LogP) is 1.34. The van der Waals surface area contributed by atoms with E-state index >= 15 is 0 Å². The Balaban J connectivity index is 2.10. The Labute approximate surface area is 145 Å². The average Bonchev–Trinajstić information content (AvgIpc) is 3.04. The van der Waals surface area contributed by atoms with E-state index in [0.717, 1.165) is 9.87 Å². The molecule has 0 spiro atoms. The maximum atomic E-state index is 12.2. The minimum atomic E-state index is -3.46. The fourth-order valence-electron chi connectivity index (χ4n) is 2.00. The lowest BCUT2D eigenvalue weighted by Crippen LogP contribution is -2.27. The van der Waals surface area contributed by atoms with Gasteiger partial charge in [0.05, 0.1) is 10.9 Å². The highest BCUT2D eigenvalue weighted by Gasteiger charge is 2.18. The van der Waals surface area contributed by atoms with Crippen LogP contribution in [0.5, 0.6) is 0 Å². The summed E-state index contributed by atoms with van der Waals surface area (Å²) in [7, 11) is -0.497. The number of carbonyl (C=O) groups is 1. The lowest BCUT2D eigenvalue weighted by molar-refractivity contribution is 0.0935. The predicted molar refractivity (Wildman–Crippen MR) is 93.2 cm³/mol. The van der Waals surface area contributed by atoms with Crippen LogP contribution >= 0.6 is 11.3 Å². The number of hydrogen-bond acceptors (Lipinski definition) is 6. The third-order valence-corrected chi connectivity index (χ3v) is 6.17. The van der Waals surface area contributed by atoms with E-state index in [0.29, 0.717) is 17.2 Å². The molecule has 0 aliphatic rings. The summed E-state index contributed by atoms with van der Waals surface area (Å²) in [6.07, 6.45) is 0. The lowest BCUT2D eigenvalue weighted by Gasteiger charge is -2.15. The van der Waals surface area contributed by atoms with E-state index in [1.54, 1.807) is 17.5 Å². The molecule has 0 saturated heterocycles. The topological polar surface area (TPSA) is 105 Å². The van der Waals surface area contributed by atoms with Crippen LogP contribution in [0.15, 0.2) is 34.5 Å². The van der Waals surface area contributed by atoms with Crippen molar-refractivity contribution in [2.75, 3.05) is 14.1 Å². The number of nitrogens with two attached hydrogens (primary N) is 1. The van der Waals surface area contributed by atoms with E-state index in [4.69, 9.17) is 5.73 Å². The Morgan fingerprint density at radius 3 is 2.46 bits per heavy atom. The molecule has 0 radical (unpaired) electrons. The van der Waals surface area contributed by atoms with E-state index in [-0.39, 0.29) is 16.8 Å². The lowest BCUT2D eigenvalue weighted by atomic mass is 10.1. The monoisotopic (exact) mass is 368 g/mol. The van der Waals surface area contributed by atoms with Crippen LogP contribution in [0.25, 0.3) is 0 Å². The van der Waals surface area contributed by atoms with Gasteiger partial charge in [-0.1, -0.05) is 12.1 Å². The summed E-state index contributed by atoms with van der Waals surface area (Å²) in [6.45, 7) is 2.12. The number of amides is 1. The maximum Gasteiger partial charge on any atom is 0.271 e.